The van der Waals surface area contributed by atoms with Crippen molar-refractivity contribution in [3.63, 3.8) is 0 Å². The average molecular weight is 550 g/mol. The standard InChI is InChI=1S/C24H34N6O.HI/c1-29(2)23(31)18-27-24(26-15-11-21-10-6-7-14-25-21)28-22-12-16-30(17-13-22)19-20-8-4-3-5-9-20;/h3-10,14,22H,11-13,15-19H2,1-2H3,(H2,26,27,28);1H. The largest absolute Gasteiger partial charge is 0.356 e. The van der Waals surface area contributed by atoms with Gasteiger partial charge in [-0.15, -0.1) is 24.0 Å². The zero-order valence-corrected chi connectivity index (χ0v) is 21.4. The van der Waals surface area contributed by atoms with E-state index < -0.39 is 0 Å². The molecule has 0 unspecified atom stereocenters. The Morgan fingerprint density at radius 1 is 1.12 bits per heavy atom. The molecule has 2 N–H and O–H groups in total. The van der Waals surface area contributed by atoms with Crippen LogP contribution in [0.25, 0.3) is 0 Å². The van der Waals surface area contributed by atoms with Crippen LogP contribution < -0.4 is 10.6 Å². The summed E-state index contributed by atoms with van der Waals surface area (Å²) in [4.78, 5) is 24.9. The maximum atomic E-state index is 12.0. The van der Waals surface area contributed by atoms with Crippen LogP contribution in [0.4, 0.5) is 0 Å². The lowest BCUT2D eigenvalue weighted by atomic mass is 10.0. The molecule has 0 aliphatic carbocycles. The Balaban J connectivity index is 0.00000363. The van der Waals surface area contributed by atoms with Gasteiger partial charge in [0, 0.05) is 64.6 Å². The van der Waals surface area contributed by atoms with Gasteiger partial charge in [-0.3, -0.25) is 14.7 Å². The van der Waals surface area contributed by atoms with Gasteiger partial charge in [0.25, 0.3) is 0 Å². The highest BCUT2D eigenvalue weighted by molar-refractivity contribution is 14.0. The van der Waals surface area contributed by atoms with Crippen LogP contribution >= 0.6 is 24.0 Å². The number of halogens is 1. The summed E-state index contributed by atoms with van der Waals surface area (Å²) in [6, 6.07) is 16.9. The number of hydrogen-bond donors (Lipinski definition) is 2. The highest BCUT2D eigenvalue weighted by Gasteiger charge is 2.20. The van der Waals surface area contributed by atoms with Crippen LogP contribution in [-0.4, -0.2) is 73.0 Å². The normalized spacial score (nSPS) is 15.0. The lowest BCUT2D eigenvalue weighted by Crippen LogP contribution is -2.49. The number of piperidine rings is 1. The van der Waals surface area contributed by atoms with Crippen molar-refractivity contribution in [2.75, 3.05) is 40.3 Å². The van der Waals surface area contributed by atoms with Crippen LogP contribution in [0.15, 0.2) is 59.7 Å². The summed E-state index contributed by atoms with van der Waals surface area (Å²) in [5, 5.41) is 6.92. The Morgan fingerprint density at radius 3 is 2.50 bits per heavy atom. The molecule has 32 heavy (non-hydrogen) atoms. The number of likely N-dealkylation sites (N-methyl/N-ethyl adjacent to an activating group) is 1. The number of nitrogens with zero attached hydrogens (tertiary/aromatic N) is 4. The van der Waals surface area contributed by atoms with Gasteiger partial charge in [-0.05, 0) is 30.5 Å². The first-order valence-corrected chi connectivity index (χ1v) is 11.0. The molecule has 0 radical (unpaired) electrons. The van der Waals surface area contributed by atoms with E-state index in [0.717, 1.165) is 44.6 Å². The molecule has 0 bridgehead atoms. The van der Waals surface area contributed by atoms with E-state index in [4.69, 9.17) is 0 Å². The molecule has 1 aromatic heterocycles. The maximum Gasteiger partial charge on any atom is 0.243 e. The van der Waals surface area contributed by atoms with Gasteiger partial charge in [0.1, 0.15) is 6.54 Å². The summed E-state index contributed by atoms with van der Waals surface area (Å²) < 4.78 is 0. The second kappa shape index (κ2) is 14.1. The van der Waals surface area contributed by atoms with Gasteiger partial charge < -0.3 is 15.5 Å². The number of carbonyl (C=O) groups excluding carboxylic acids is 1. The molecule has 1 aliphatic heterocycles. The predicted octanol–water partition coefficient (Wildman–Crippen LogP) is 2.53. The Labute approximate surface area is 208 Å². The lowest BCUT2D eigenvalue weighted by Gasteiger charge is -2.33. The quantitative estimate of drug-likeness (QED) is 0.301. The number of carbonyl (C=O) groups is 1. The smallest absolute Gasteiger partial charge is 0.243 e. The molecule has 7 nitrogen and oxygen atoms in total. The van der Waals surface area contributed by atoms with Gasteiger partial charge in [-0.25, -0.2) is 4.99 Å². The lowest BCUT2D eigenvalue weighted by molar-refractivity contribution is -0.127. The topological polar surface area (TPSA) is 72.9 Å². The van der Waals surface area contributed by atoms with E-state index in [0.29, 0.717) is 18.5 Å². The zero-order valence-electron chi connectivity index (χ0n) is 19.0. The number of amides is 1. The van der Waals surface area contributed by atoms with Gasteiger partial charge in [-0.2, -0.15) is 0 Å². The first kappa shape index (κ1) is 26.1. The summed E-state index contributed by atoms with van der Waals surface area (Å²) >= 11 is 0. The van der Waals surface area contributed by atoms with Gasteiger partial charge in [0.05, 0.1) is 0 Å². The van der Waals surface area contributed by atoms with Crippen molar-refractivity contribution >= 4 is 35.8 Å². The maximum absolute atomic E-state index is 12.0. The molecular weight excluding hydrogens is 515 g/mol. The van der Waals surface area contributed by atoms with Crippen molar-refractivity contribution in [3.8, 4) is 0 Å². The van der Waals surface area contributed by atoms with Crippen LogP contribution in [0.1, 0.15) is 24.1 Å². The Morgan fingerprint density at radius 2 is 1.84 bits per heavy atom. The number of nitrogens with one attached hydrogen (secondary N) is 2. The second-order valence-electron chi connectivity index (χ2n) is 8.13. The molecule has 1 amide bonds. The van der Waals surface area contributed by atoms with Crippen molar-refractivity contribution in [2.45, 2.75) is 31.8 Å². The van der Waals surface area contributed by atoms with Crippen molar-refractivity contribution in [2.24, 2.45) is 4.99 Å². The minimum atomic E-state index is -0.0106. The highest BCUT2D eigenvalue weighted by atomic mass is 127. The van der Waals surface area contributed by atoms with E-state index in [9.17, 15) is 4.79 Å². The Kier molecular flexibility index (Phi) is 11.4. The van der Waals surface area contributed by atoms with Crippen molar-refractivity contribution in [1.29, 1.82) is 0 Å². The minimum Gasteiger partial charge on any atom is -0.356 e. The van der Waals surface area contributed by atoms with Crippen LogP contribution in [0.3, 0.4) is 0 Å². The number of aliphatic imine (C=N–C) groups is 1. The van der Waals surface area contributed by atoms with Crippen LogP contribution in [0, 0.1) is 0 Å². The van der Waals surface area contributed by atoms with E-state index in [1.165, 1.54) is 5.56 Å². The molecule has 1 saturated heterocycles. The molecule has 8 heteroatoms. The highest BCUT2D eigenvalue weighted by Crippen LogP contribution is 2.13. The number of guanidine groups is 1. The number of aromatic nitrogens is 1. The molecular formula is C24H35IN6O. The third-order valence-corrected chi connectivity index (χ3v) is 5.45. The fraction of sp³-hybridized carbons (Fsp3) is 0.458. The van der Waals surface area contributed by atoms with E-state index >= 15 is 0 Å². The number of likely N-dealkylation sites (tertiary alicyclic amines) is 1. The third kappa shape index (κ3) is 9.12. The molecule has 2 aromatic rings. The minimum absolute atomic E-state index is 0. The summed E-state index contributed by atoms with van der Waals surface area (Å²) in [6.07, 6.45) is 4.71. The Hall–Kier alpha value is -2.20. The van der Waals surface area contributed by atoms with Crippen LogP contribution in [0.5, 0.6) is 0 Å². The SMILES string of the molecule is CN(C)C(=O)CN=C(NCCc1ccccn1)NC1CCN(Cc2ccccc2)CC1.I. The fourth-order valence-electron chi connectivity index (χ4n) is 3.57. The first-order chi connectivity index (χ1) is 15.1. The molecule has 174 valence electrons. The number of hydrogen-bond acceptors (Lipinski definition) is 4. The molecule has 0 atom stereocenters. The molecule has 1 aliphatic rings. The fourth-order valence-corrected chi connectivity index (χ4v) is 3.57. The second-order valence-corrected chi connectivity index (χ2v) is 8.13. The molecule has 1 aromatic carbocycles. The summed E-state index contributed by atoms with van der Waals surface area (Å²) in [5.74, 6) is 0.691. The number of rotatable bonds is 8. The van der Waals surface area contributed by atoms with Gasteiger partial charge in [0.2, 0.25) is 5.91 Å². The molecule has 1 fully saturated rings. The molecule has 0 spiro atoms. The van der Waals surface area contributed by atoms with Gasteiger partial charge in [-0.1, -0.05) is 36.4 Å². The van der Waals surface area contributed by atoms with E-state index in [-0.39, 0.29) is 36.4 Å². The van der Waals surface area contributed by atoms with E-state index in [1.54, 1.807) is 19.0 Å². The van der Waals surface area contributed by atoms with Crippen molar-refractivity contribution in [3.05, 3.63) is 66.0 Å². The monoisotopic (exact) mass is 550 g/mol. The van der Waals surface area contributed by atoms with Gasteiger partial charge in [0.15, 0.2) is 5.96 Å². The van der Waals surface area contributed by atoms with Crippen molar-refractivity contribution < 1.29 is 4.79 Å². The van der Waals surface area contributed by atoms with Crippen LogP contribution in [0.2, 0.25) is 0 Å². The molecule has 2 heterocycles. The zero-order chi connectivity index (χ0) is 21.9. The summed E-state index contributed by atoms with van der Waals surface area (Å²) in [5.41, 5.74) is 2.39. The van der Waals surface area contributed by atoms with E-state index in [2.05, 4.69) is 55.8 Å². The Bertz CT molecular complexity index is 823. The van der Waals surface area contributed by atoms with E-state index in [1.807, 2.05) is 24.4 Å². The number of benzene rings is 1. The van der Waals surface area contributed by atoms with Crippen molar-refractivity contribution in [1.82, 2.24) is 25.4 Å². The summed E-state index contributed by atoms with van der Waals surface area (Å²) in [6.45, 7) is 3.94. The molecule has 3 rings (SSSR count). The third-order valence-electron chi connectivity index (χ3n) is 5.45. The average Bonchev–Trinajstić information content (AvgIpc) is 2.79. The number of pyridine rings is 1. The molecule has 0 saturated carbocycles. The van der Waals surface area contributed by atoms with Crippen LogP contribution in [-0.2, 0) is 17.8 Å². The summed E-state index contributed by atoms with van der Waals surface area (Å²) in [7, 11) is 3.50. The van der Waals surface area contributed by atoms with Gasteiger partial charge >= 0.3 is 0 Å². The first-order valence-electron chi connectivity index (χ1n) is 11.0. The predicted molar refractivity (Wildman–Crippen MR) is 140 cm³/mol.